The number of amides is 3. The number of benzene rings is 2. The van der Waals surface area contributed by atoms with Crippen molar-refractivity contribution in [3.05, 3.63) is 65.2 Å². The molecule has 0 aliphatic rings. The molecule has 8 heteroatoms. The molecule has 0 aliphatic heterocycles. The highest BCUT2D eigenvalue weighted by Gasteiger charge is 2.36. The van der Waals surface area contributed by atoms with Crippen molar-refractivity contribution in [2.45, 2.75) is 97.8 Å². The van der Waals surface area contributed by atoms with Crippen molar-refractivity contribution in [2.24, 2.45) is 0 Å². The van der Waals surface area contributed by atoms with Gasteiger partial charge < -0.3 is 20.3 Å². The van der Waals surface area contributed by atoms with E-state index in [1.54, 1.807) is 37.4 Å². The Hall–Kier alpha value is -3.00. The molecule has 0 saturated heterocycles. The molecule has 0 saturated carbocycles. The van der Waals surface area contributed by atoms with E-state index in [9.17, 15) is 14.4 Å². The first-order valence-electron chi connectivity index (χ1n) is 14.7. The first-order chi connectivity index (χ1) is 19.5. The van der Waals surface area contributed by atoms with Crippen molar-refractivity contribution < 1.29 is 19.1 Å². The third-order valence-corrected chi connectivity index (χ3v) is 7.48. The summed E-state index contributed by atoms with van der Waals surface area (Å²) in [6.07, 6.45) is 6.76. The molecule has 2 rings (SSSR count). The van der Waals surface area contributed by atoms with Gasteiger partial charge in [0.1, 0.15) is 17.7 Å². The van der Waals surface area contributed by atoms with Crippen LogP contribution < -0.4 is 10.6 Å². The number of thioether (sulfide) groups is 1. The highest BCUT2D eigenvalue weighted by molar-refractivity contribution is 7.98. The normalized spacial score (nSPS) is 12.8. The van der Waals surface area contributed by atoms with Gasteiger partial charge >= 0.3 is 6.09 Å². The number of alkyl carbamates (subject to hydrolysis) is 1. The number of carbonyl (C=O) groups excluding carboxylic acids is 3. The molecule has 2 atom stereocenters. The minimum atomic E-state index is -0.869. The topological polar surface area (TPSA) is 87.7 Å². The van der Waals surface area contributed by atoms with Gasteiger partial charge in [-0.05, 0) is 82.2 Å². The van der Waals surface area contributed by atoms with E-state index in [1.807, 2.05) is 68.6 Å². The molecule has 0 aromatic heterocycles. The van der Waals surface area contributed by atoms with Crippen LogP contribution in [0.2, 0.25) is 0 Å². The maximum Gasteiger partial charge on any atom is 0.408 e. The summed E-state index contributed by atoms with van der Waals surface area (Å²) in [7, 11) is 0. The number of para-hydroxylation sites is 1. The lowest BCUT2D eigenvalue weighted by atomic mass is 9.97. The molecule has 0 radical (unpaired) electrons. The van der Waals surface area contributed by atoms with E-state index in [4.69, 9.17) is 4.74 Å². The van der Waals surface area contributed by atoms with Gasteiger partial charge in [0.15, 0.2) is 0 Å². The van der Waals surface area contributed by atoms with Gasteiger partial charge in [0.2, 0.25) is 5.91 Å². The van der Waals surface area contributed by atoms with Crippen molar-refractivity contribution in [3.8, 4) is 0 Å². The zero-order valence-electron chi connectivity index (χ0n) is 25.9. The minimum Gasteiger partial charge on any atom is -0.444 e. The SMILES string of the molecule is CCCCCCCN(C(=O)C(CCSC)NC(=O)OC(C)(C)C)C(C(=O)Nc1ccccc1C)c1ccccc1C. The van der Waals surface area contributed by atoms with Crippen LogP contribution in [0.5, 0.6) is 0 Å². The third-order valence-electron chi connectivity index (χ3n) is 6.83. The van der Waals surface area contributed by atoms with Gasteiger partial charge in [-0.2, -0.15) is 11.8 Å². The highest BCUT2D eigenvalue weighted by atomic mass is 32.2. The fourth-order valence-corrected chi connectivity index (χ4v) is 5.13. The van der Waals surface area contributed by atoms with Crippen LogP contribution in [0.1, 0.15) is 89.0 Å². The Morgan fingerprint density at radius 1 is 0.927 bits per heavy atom. The van der Waals surface area contributed by atoms with Crippen molar-refractivity contribution in [2.75, 3.05) is 23.9 Å². The van der Waals surface area contributed by atoms with Crippen LogP contribution in [0.4, 0.5) is 10.5 Å². The smallest absolute Gasteiger partial charge is 0.408 e. The summed E-state index contributed by atoms with van der Waals surface area (Å²) in [4.78, 5) is 43.0. The van der Waals surface area contributed by atoms with E-state index in [0.29, 0.717) is 24.4 Å². The fourth-order valence-electron chi connectivity index (χ4n) is 4.65. The number of hydrogen-bond acceptors (Lipinski definition) is 5. The second-order valence-electron chi connectivity index (χ2n) is 11.5. The molecule has 0 bridgehead atoms. The van der Waals surface area contributed by atoms with Gasteiger partial charge in [0, 0.05) is 12.2 Å². The van der Waals surface area contributed by atoms with Crippen LogP contribution in [-0.4, -0.2) is 53.0 Å². The van der Waals surface area contributed by atoms with Crippen LogP contribution in [0.15, 0.2) is 48.5 Å². The number of rotatable bonds is 15. The average molecular weight is 584 g/mol. The van der Waals surface area contributed by atoms with E-state index in [-0.39, 0.29) is 11.8 Å². The second-order valence-corrected chi connectivity index (χ2v) is 12.5. The summed E-state index contributed by atoms with van der Waals surface area (Å²) in [5, 5.41) is 5.91. The molecule has 7 nitrogen and oxygen atoms in total. The molecular formula is C33H49N3O4S. The summed E-state index contributed by atoms with van der Waals surface area (Å²) in [6, 6.07) is 13.6. The zero-order valence-corrected chi connectivity index (χ0v) is 26.7. The molecular weight excluding hydrogens is 534 g/mol. The number of anilines is 1. The summed E-state index contributed by atoms with van der Waals surface area (Å²) in [5.41, 5.74) is 2.62. The molecule has 226 valence electrons. The van der Waals surface area contributed by atoms with Gasteiger partial charge in [0.25, 0.3) is 5.91 Å². The van der Waals surface area contributed by atoms with Crippen LogP contribution in [0.25, 0.3) is 0 Å². The molecule has 0 spiro atoms. The van der Waals surface area contributed by atoms with Gasteiger partial charge in [0.05, 0.1) is 0 Å². The van der Waals surface area contributed by atoms with Crippen LogP contribution in [0, 0.1) is 13.8 Å². The highest BCUT2D eigenvalue weighted by Crippen LogP contribution is 2.29. The van der Waals surface area contributed by atoms with E-state index < -0.39 is 23.8 Å². The number of aryl methyl sites for hydroxylation is 2. The maximum atomic E-state index is 14.4. The van der Waals surface area contributed by atoms with Crippen molar-refractivity contribution >= 4 is 35.4 Å². The average Bonchev–Trinajstić information content (AvgIpc) is 2.91. The number of ether oxygens (including phenoxy) is 1. The van der Waals surface area contributed by atoms with E-state index in [2.05, 4.69) is 17.6 Å². The van der Waals surface area contributed by atoms with Gasteiger partial charge in [-0.15, -0.1) is 0 Å². The van der Waals surface area contributed by atoms with Crippen LogP contribution in [0.3, 0.4) is 0 Å². The van der Waals surface area contributed by atoms with E-state index >= 15 is 0 Å². The fraction of sp³-hybridized carbons (Fsp3) is 0.545. The largest absolute Gasteiger partial charge is 0.444 e. The monoisotopic (exact) mass is 583 g/mol. The third kappa shape index (κ3) is 11.4. The molecule has 41 heavy (non-hydrogen) atoms. The predicted octanol–water partition coefficient (Wildman–Crippen LogP) is 7.43. The van der Waals surface area contributed by atoms with Crippen molar-refractivity contribution in [3.63, 3.8) is 0 Å². The van der Waals surface area contributed by atoms with Crippen molar-refractivity contribution in [1.29, 1.82) is 0 Å². The molecule has 2 aromatic carbocycles. The lowest BCUT2D eigenvalue weighted by molar-refractivity contribution is -0.141. The number of carbonyl (C=O) groups is 3. The minimum absolute atomic E-state index is 0.281. The number of nitrogens with zero attached hydrogens (tertiary/aromatic N) is 1. The molecule has 2 unspecified atom stereocenters. The number of nitrogens with one attached hydrogen (secondary N) is 2. The molecule has 0 aliphatic carbocycles. The van der Waals surface area contributed by atoms with E-state index in [0.717, 1.165) is 48.8 Å². The number of unbranched alkanes of at least 4 members (excludes halogenated alkanes) is 4. The maximum absolute atomic E-state index is 14.4. The lowest BCUT2D eigenvalue weighted by Gasteiger charge is -2.35. The second kappa shape index (κ2) is 17.1. The quantitative estimate of drug-likeness (QED) is 0.213. The van der Waals surface area contributed by atoms with Crippen molar-refractivity contribution in [1.82, 2.24) is 10.2 Å². The molecule has 2 aromatic rings. The molecule has 3 amide bonds. The Morgan fingerprint density at radius 3 is 2.17 bits per heavy atom. The summed E-state index contributed by atoms with van der Waals surface area (Å²) >= 11 is 1.60. The first-order valence-corrected chi connectivity index (χ1v) is 16.1. The summed E-state index contributed by atoms with van der Waals surface area (Å²) < 4.78 is 5.50. The Balaban J connectivity index is 2.53. The Labute approximate surface area is 251 Å². The first kappa shape index (κ1) is 34.2. The zero-order chi connectivity index (χ0) is 30.4. The van der Waals surface area contributed by atoms with E-state index in [1.165, 1.54) is 0 Å². The standard InChI is InChI=1S/C33H49N3O4S/c1-8-9-10-11-16-22-36(31(38)28(21-23-41-7)35-32(39)40-33(4,5)6)29(26-19-14-12-17-24(26)2)30(37)34-27-20-15-13-18-25(27)3/h12-15,17-20,28-29H,8-11,16,21-23H2,1-7H3,(H,34,37)(H,35,39). The Morgan fingerprint density at radius 2 is 1.56 bits per heavy atom. The Kier molecular flexibility index (Phi) is 14.2. The van der Waals surface area contributed by atoms with Gasteiger partial charge in [-0.3, -0.25) is 9.59 Å². The molecule has 0 fully saturated rings. The number of hydrogen-bond donors (Lipinski definition) is 2. The molecule has 0 heterocycles. The lowest BCUT2D eigenvalue weighted by Crippen LogP contribution is -2.53. The Bertz CT molecular complexity index is 1130. The van der Waals surface area contributed by atoms with Crippen LogP contribution in [-0.2, 0) is 14.3 Å². The molecule has 2 N–H and O–H groups in total. The van der Waals surface area contributed by atoms with Crippen LogP contribution >= 0.6 is 11.8 Å². The summed E-state index contributed by atoms with van der Waals surface area (Å²) in [5.74, 6) is 0.103. The van der Waals surface area contributed by atoms with Gasteiger partial charge in [-0.1, -0.05) is 75.1 Å². The predicted molar refractivity (Wildman–Crippen MR) is 170 cm³/mol. The van der Waals surface area contributed by atoms with Gasteiger partial charge in [-0.25, -0.2) is 4.79 Å². The summed E-state index contributed by atoms with van der Waals surface area (Å²) in [6.45, 7) is 11.8.